The Bertz CT molecular complexity index is 546. The van der Waals surface area contributed by atoms with Gasteiger partial charge in [0, 0.05) is 5.69 Å². The van der Waals surface area contributed by atoms with Crippen molar-refractivity contribution in [1.82, 2.24) is 14.8 Å². The van der Waals surface area contributed by atoms with Gasteiger partial charge in [0.05, 0.1) is 5.69 Å². The fourth-order valence-electron chi connectivity index (χ4n) is 1.14. The van der Waals surface area contributed by atoms with Crippen LogP contribution in [-0.4, -0.2) is 14.8 Å². The largest absolute Gasteiger partial charge is 0.399 e. The molecule has 0 spiro atoms. The summed E-state index contributed by atoms with van der Waals surface area (Å²) in [7, 11) is 0. The summed E-state index contributed by atoms with van der Waals surface area (Å²) in [5, 5.41) is 2.33. The monoisotopic (exact) mass is 192 g/mol. The molecule has 4 N–H and O–H groups in total. The number of nitrogens with one attached hydrogen (secondary N) is 2. The summed E-state index contributed by atoms with van der Waals surface area (Å²) in [4.78, 5) is 24.1. The van der Waals surface area contributed by atoms with Gasteiger partial charge in [0.2, 0.25) is 0 Å². The van der Waals surface area contributed by atoms with E-state index in [1.807, 2.05) is 0 Å². The molecule has 6 nitrogen and oxygen atoms in total. The summed E-state index contributed by atoms with van der Waals surface area (Å²) in [5.74, 6) is 0. The smallest absolute Gasteiger partial charge is 0.349 e. The normalized spacial score (nSPS) is 10.3. The van der Waals surface area contributed by atoms with E-state index in [2.05, 4.69) is 10.1 Å². The topological polar surface area (TPSA) is 96.7 Å². The Morgan fingerprint density at radius 2 is 1.79 bits per heavy atom. The zero-order valence-electron chi connectivity index (χ0n) is 7.15. The summed E-state index contributed by atoms with van der Waals surface area (Å²) in [6.45, 7) is 0. The lowest BCUT2D eigenvalue weighted by Gasteiger charge is -1.99. The molecule has 0 bridgehead atoms. The molecular formula is C8H8N4O2. The second kappa shape index (κ2) is 2.91. The third-order valence-electron chi connectivity index (χ3n) is 1.79. The molecule has 0 atom stereocenters. The summed E-state index contributed by atoms with van der Waals surface area (Å²) < 4.78 is 1.11. The highest BCUT2D eigenvalue weighted by molar-refractivity contribution is 5.44. The second-order valence-electron chi connectivity index (χ2n) is 2.80. The molecule has 0 radical (unpaired) electrons. The summed E-state index contributed by atoms with van der Waals surface area (Å²) >= 11 is 0. The maximum absolute atomic E-state index is 11.2. The first-order chi connectivity index (χ1) is 6.66. The van der Waals surface area contributed by atoms with E-state index in [4.69, 9.17) is 5.73 Å². The van der Waals surface area contributed by atoms with Gasteiger partial charge in [-0.1, -0.05) is 0 Å². The summed E-state index contributed by atoms with van der Waals surface area (Å²) in [5.41, 5.74) is 5.60. The van der Waals surface area contributed by atoms with Crippen LogP contribution in [0.1, 0.15) is 0 Å². The van der Waals surface area contributed by atoms with Gasteiger partial charge in [-0.2, -0.15) is 0 Å². The highest BCUT2D eigenvalue weighted by Gasteiger charge is 2.01. The van der Waals surface area contributed by atoms with Gasteiger partial charge in [0.25, 0.3) is 0 Å². The Morgan fingerprint density at radius 3 is 2.29 bits per heavy atom. The molecule has 0 saturated heterocycles. The van der Waals surface area contributed by atoms with E-state index >= 15 is 0 Å². The summed E-state index contributed by atoms with van der Waals surface area (Å²) in [6.07, 6.45) is 0. The highest BCUT2D eigenvalue weighted by Crippen LogP contribution is 2.06. The van der Waals surface area contributed by atoms with Crippen molar-refractivity contribution in [3.8, 4) is 5.69 Å². The van der Waals surface area contributed by atoms with E-state index in [9.17, 15) is 9.59 Å². The number of nitrogens with zero attached hydrogens (tertiary/aromatic N) is 1. The number of hydrogen-bond acceptors (Lipinski definition) is 3. The van der Waals surface area contributed by atoms with E-state index in [1.54, 1.807) is 24.3 Å². The third-order valence-corrected chi connectivity index (χ3v) is 1.79. The van der Waals surface area contributed by atoms with Crippen molar-refractivity contribution in [3.63, 3.8) is 0 Å². The minimum Gasteiger partial charge on any atom is -0.399 e. The molecule has 0 unspecified atom stereocenters. The molecule has 0 aliphatic heterocycles. The van der Waals surface area contributed by atoms with Gasteiger partial charge >= 0.3 is 11.4 Å². The van der Waals surface area contributed by atoms with E-state index < -0.39 is 11.4 Å². The first-order valence-corrected chi connectivity index (χ1v) is 3.94. The van der Waals surface area contributed by atoms with Crippen molar-refractivity contribution >= 4 is 5.69 Å². The van der Waals surface area contributed by atoms with Gasteiger partial charge in [-0.25, -0.2) is 19.4 Å². The second-order valence-corrected chi connectivity index (χ2v) is 2.80. The highest BCUT2D eigenvalue weighted by atomic mass is 16.2. The SMILES string of the molecule is Nc1ccc(-n2[nH]c(=O)[nH]c2=O)cc1. The number of rotatable bonds is 1. The number of nitrogen functional groups attached to an aromatic ring is 1. The third kappa shape index (κ3) is 1.33. The van der Waals surface area contributed by atoms with Gasteiger partial charge in [-0.3, -0.25) is 4.98 Å². The average molecular weight is 192 g/mol. The molecule has 2 aromatic rings. The fourth-order valence-corrected chi connectivity index (χ4v) is 1.14. The molecule has 0 fully saturated rings. The van der Waals surface area contributed by atoms with E-state index in [1.165, 1.54) is 0 Å². The molecule has 1 aromatic carbocycles. The minimum absolute atomic E-state index is 0.500. The number of anilines is 1. The van der Waals surface area contributed by atoms with Gasteiger partial charge in [0.15, 0.2) is 0 Å². The Morgan fingerprint density at radius 1 is 1.14 bits per heavy atom. The average Bonchev–Trinajstić information content (AvgIpc) is 2.47. The predicted octanol–water partition coefficient (Wildman–Crippen LogP) is -0.564. The van der Waals surface area contributed by atoms with Crippen LogP contribution in [0.3, 0.4) is 0 Å². The lowest BCUT2D eigenvalue weighted by Crippen LogP contribution is -2.15. The van der Waals surface area contributed by atoms with Gasteiger partial charge in [0.1, 0.15) is 0 Å². The van der Waals surface area contributed by atoms with Crippen LogP contribution in [0.25, 0.3) is 5.69 Å². The Hall–Kier alpha value is -2.24. The zero-order valence-corrected chi connectivity index (χ0v) is 7.15. The molecular weight excluding hydrogens is 184 g/mol. The maximum Gasteiger partial charge on any atom is 0.349 e. The van der Waals surface area contributed by atoms with Crippen LogP contribution >= 0.6 is 0 Å². The Balaban J connectivity index is 2.60. The van der Waals surface area contributed by atoms with Crippen molar-refractivity contribution in [1.29, 1.82) is 0 Å². The van der Waals surface area contributed by atoms with Gasteiger partial charge in [-0.15, -0.1) is 0 Å². The number of benzene rings is 1. The van der Waals surface area contributed by atoms with E-state index in [0.717, 1.165) is 4.68 Å². The van der Waals surface area contributed by atoms with Crippen molar-refractivity contribution < 1.29 is 0 Å². The molecule has 1 aromatic heterocycles. The maximum atomic E-state index is 11.2. The lowest BCUT2D eigenvalue weighted by atomic mass is 10.3. The fraction of sp³-hybridized carbons (Fsp3) is 0. The number of aromatic nitrogens is 3. The lowest BCUT2D eigenvalue weighted by molar-refractivity contribution is 0.834. The van der Waals surface area contributed by atoms with Crippen LogP contribution in [0.15, 0.2) is 33.9 Å². The Labute approximate surface area is 78.0 Å². The van der Waals surface area contributed by atoms with Gasteiger partial charge < -0.3 is 5.73 Å². The first kappa shape index (κ1) is 8.36. The van der Waals surface area contributed by atoms with Crippen molar-refractivity contribution in [2.24, 2.45) is 0 Å². The quantitative estimate of drug-likeness (QED) is 0.528. The van der Waals surface area contributed by atoms with E-state index in [-0.39, 0.29) is 0 Å². The van der Waals surface area contributed by atoms with Crippen LogP contribution in [0, 0.1) is 0 Å². The molecule has 0 aliphatic rings. The molecule has 0 aliphatic carbocycles. The van der Waals surface area contributed by atoms with Gasteiger partial charge in [-0.05, 0) is 24.3 Å². The molecule has 6 heteroatoms. The predicted molar refractivity (Wildman–Crippen MR) is 51.4 cm³/mol. The van der Waals surface area contributed by atoms with Crippen LogP contribution < -0.4 is 17.1 Å². The molecule has 2 rings (SSSR count). The molecule has 0 saturated carbocycles. The number of aromatic amines is 2. The standard InChI is InChI=1S/C8H8N4O2/c9-5-1-3-6(4-2-5)12-8(14)10-7(13)11-12/h1-4H,9H2,(H2,10,11,13,14). The number of H-pyrrole nitrogens is 2. The summed E-state index contributed by atoms with van der Waals surface area (Å²) in [6, 6.07) is 6.57. The van der Waals surface area contributed by atoms with Crippen molar-refractivity contribution in [2.75, 3.05) is 5.73 Å². The Kier molecular flexibility index (Phi) is 1.74. The van der Waals surface area contributed by atoms with Crippen LogP contribution in [0.2, 0.25) is 0 Å². The van der Waals surface area contributed by atoms with E-state index in [0.29, 0.717) is 11.4 Å². The minimum atomic E-state index is -0.535. The van der Waals surface area contributed by atoms with Crippen molar-refractivity contribution in [3.05, 3.63) is 45.2 Å². The van der Waals surface area contributed by atoms with Crippen LogP contribution in [-0.2, 0) is 0 Å². The van der Waals surface area contributed by atoms with Crippen LogP contribution in [0.5, 0.6) is 0 Å². The number of nitrogens with two attached hydrogens (primary N) is 1. The molecule has 0 amide bonds. The molecule has 72 valence electrons. The first-order valence-electron chi connectivity index (χ1n) is 3.94. The number of hydrogen-bond donors (Lipinski definition) is 3. The molecule has 14 heavy (non-hydrogen) atoms. The molecule has 1 heterocycles. The zero-order chi connectivity index (χ0) is 10.1. The van der Waals surface area contributed by atoms with Crippen LogP contribution in [0.4, 0.5) is 5.69 Å². The van der Waals surface area contributed by atoms with Crippen molar-refractivity contribution in [2.45, 2.75) is 0 Å².